The van der Waals surface area contributed by atoms with Crippen molar-refractivity contribution in [2.24, 2.45) is 0 Å². The molecule has 1 aliphatic heterocycles. The van der Waals surface area contributed by atoms with Gasteiger partial charge >= 0.3 is 0 Å². The zero-order chi connectivity index (χ0) is 10.3. The molecule has 1 aromatic heterocycles. The first-order chi connectivity index (χ1) is 7.36. The second kappa shape index (κ2) is 4.19. The Morgan fingerprint density at radius 1 is 1.20 bits per heavy atom. The highest BCUT2D eigenvalue weighted by molar-refractivity contribution is 9.10. The van der Waals surface area contributed by atoms with E-state index in [-0.39, 0.29) is 0 Å². The molecule has 0 atom stereocenters. The van der Waals surface area contributed by atoms with E-state index in [1.165, 1.54) is 49.7 Å². The van der Waals surface area contributed by atoms with Crippen LogP contribution in [0.4, 0.5) is 0 Å². The van der Waals surface area contributed by atoms with E-state index in [1.54, 1.807) is 15.3 Å². The predicted molar refractivity (Wildman–Crippen MR) is 68.9 cm³/mol. The minimum atomic E-state index is 0.816. The van der Waals surface area contributed by atoms with Crippen molar-refractivity contribution in [2.45, 2.75) is 38.0 Å². The van der Waals surface area contributed by atoms with Gasteiger partial charge in [-0.25, -0.2) is 0 Å². The van der Waals surface area contributed by atoms with Crippen molar-refractivity contribution in [3.8, 4) is 0 Å². The molecule has 3 rings (SSSR count). The molecular formula is C12H16BrNS. The summed E-state index contributed by atoms with van der Waals surface area (Å²) >= 11 is 5.91. The maximum atomic E-state index is 3.83. The molecule has 1 aromatic rings. The van der Waals surface area contributed by atoms with Crippen LogP contribution in [-0.4, -0.2) is 13.1 Å². The Hall–Kier alpha value is 0.140. The monoisotopic (exact) mass is 285 g/mol. The van der Waals surface area contributed by atoms with E-state index in [1.807, 2.05) is 0 Å². The molecule has 1 fully saturated rings. The quantitative estimate of drug-likeness (QED) is 0.833. The Morgan fingerprint density at radius 3 is 2.73 bits per heavy atom. The first kappa shape index (κ1) is 10.3. The van der Waals surface area contributed by atoms with Crippen molar-refractivity contribution in [2.75, 3.05) is 13.1 Å². The third-order valence-corrected chi connectivity index (χ3v) is 6.21. The summed E-state index contributed by atoms with van der Waals surface area (Å²) in [7, 11) is 0. The topological polar surface area (TPSA) is 12.0 Å². The number of halogens is 1. The van der Waals surface area contributed by atoms with Gasteiger partial charge in [-0.15, -0.1) is 11.3 Å². The van der Waals surface area contributed by atoms with Crippen LogP contribution in [0.5, 0.6) is 0 Å². The van der Waals surface area contributed by atoms with Crippen LogP contribution in [0, 0.1) is 0 Å². The normalized spacial score (nSPS) is 21.9. The van der Waals surface area contributed by atoms with Gasteiger partial charge in [-0.3, -0.25) is 0 Å². The molecule has 0 spiro atoms. The summed E-state index contributed by atoms with van der Waals surface area (Å²) < 4.78 is 1.46. The van der Waals surface area contributed by atoms with Crippen LogP contribution < -0.4 is 5.32 Å². The van der Waals surface area contributed by atoms with Crippen LogP contribution in [0.15, 0.2) is 4.47 Å². The first-order valence-electron chi connectivity index (χ1n) is 5.87. The molecule has 1 aliphatic carbocycles. The standard InChI is InChI=1S/C12H16BrNS/c13-11-9-2-1-3-10(9)15-12(11)8-4-6-14-7-5-8/h8,14H,1-7H2. The molecule has 1 nitrogen and oxygen atoms in total. The van der Waals surface area contributed by atoms with E-state index in [9.17, 15) is 0 Å². The van der Waals surface area contributed by atoms with Crippen molar-refractivity contribution < 1.29 is 0 Å². The molecule has 0 saturated carbocycles. The van der Waals surface area contributed by atoms with Gasteiger partial charge in [0.15, 0.2) is 0 Å². The summed E-state index contributed by atoms with van der Waals surface area (Å²) in [6, 6.07) is 0. The van der Waals surface area contributed by atoms with E-state index in [4.69, 9.17) is 0 Å². The Bertz CT molecular complexity index is 366. The molecule has 2 aliphatic rings. The van der Waals surface area contributed by atoms with E-state index in [0.717, 1.165) is 5.92 Å². The minimum absolute atomic E-state index is 0.816. The number of piperidine rings is 1. The Kier molecular flexibility index (Phi) is 2.88. The summed E-state index contributed by atoms with van der Waals surface area (Å²) in [4.78, 5) is 3.30. The molecule has 15 heavy (non-hydrogen) atoms. The lowest BCUT2D eigenvalue weighted by molar-refractivity contribution is 0.464. The summed E-state index contributed by atoms with van der Waals surface area (Å²) in [5, 5.41) is 3.44. The molecule has 82 valence electrons. The summed E-state index contributed by atoms with van der Waals surface area (Å²) in [5.41, 5.74) is 1.63. The van der Waals surface area contributed by atoms with Gasteiger partial charge in [0, 0.05) is 14.2 Å². The van der Waals surface area contributed by atoms with Crippen molar-refractivity contribution in [1.29, 1.82) is 0 Å². The summed E-state index contributed by atoms with van der Waals surface area (Å²) in [6.07, 6.45) is 6.63. The molecule has 0 bridgehead atoms. The van der Waals surface area contributed by atoms with Gasteiger partial charge in [-0.1, -0.05) is 0 Å². The molecule has 2 heterocycles. The van der Waals surface area contributed by atoms with Crippen LogP contribution in [-0.2, 0) is 12.8 Å². The van der Waals surface area contributed by atoms with Crippen molar-refractivity contribution in [1.82, 2.24) is 5.32 Å². The Morgan fingerprint density at radius 2 is 2.00 bits per heavy atom. The fourth-order valence-electron chi connectivity index (χ4n) is 2.73. The fraction of sp³-hybridized carbons (Fsp3) is 0.667. The maximum absolute atomic E-state index is 3.83. The van der Waals surface area contributed by atoms with Gasteiger partial charge in [0.2, 0.25) is 0 Å². The highest BCUT2D eigenvalue weighted by Crippen LogP contribution is 2.44. The van der Waals surface area contributed by atoms with E-state index in [2.05, 4.69) is 32.6 Å². The van der Waals surface area contributed by atoms with E-state index < -0.39 is 0 Å². The molecule has 0 amide bonds. The maximum Gasteiger partial charge on any atom is 0.0352 e. The number of aryl methyl sites for hydroxylation is 1. The highest BCUT2D eigenvalue weighted by atomic mass is 79.9. The zero-order valence-electron chi connectivity index (χ0n) is 8.81. The van der Waals surface area contributed by atoms with Crippen molar-refractivity contribution in [3.05, 3.63) is 19.8 Å². The van der Waals surface area contributed by atoms with Crippen LogP contribution in [0.1, 0.15) is 40.5 Å². The Labute approximate surface area is 103 Å². The van der Waals surface area contributed by atoms with Crippen molar-refractivity contribution >= 4 is 27.3 Å². The first-order valence-corrected chi connectivity index (χ1v) is 7.48. The van der Waals surface area contributed by atoms with E-state index >= 15 is 0 Å². The van der Waals surface area contributed by atoms with Crippen LogP contribution in [0.2, 0.25) is 0 Å². The second-order valence-electron chi connectivity index (χ2n) is 4.56. The van der Waals surface area contributed by atoms with Gasteiger partial charge in [0.1, 0.15) is 0 Å². The predicted octanol–water partition coefficient (Wildman–Crippen LogP) is 3.47. The van der Waals surface area contributed by atoms with Gasteiger partial charge < -0.3 is 5.32 Å². The third-order valence-electron chi connectivity index (χ3n) is 3.59. The smallest absolute Gasteiger partial charge is 0.0352 e. The lowest BCUT2D eigenvalue weighted by Crippen LogP contribution is -2.26. The minimum Gasteiger partial charge on any atom is -0.317 e. The molecule has 0 unspecified atom stereocenters. The number of hydrogen-bond donors (Lipinski definition) is 1. The van der Waals surface area contributed by atoms with Gasteiger partial charge in [-0.05, 0) is 72.6 Å². The largest absolute Gasteiger partial charge is 0.317 e. The number of thiophene rings is 1. The van der Waals surface area contributed by atoms with Crippen LogP contribution in [0.3, 0.4) is 0 Å². The average molecular weight is 286 g/mol. The number of fused-ring (bicyclic) bond motifs is 1. The molecule has 3 heteroatoms. The lowest BCUT2D eigenvalue weighted by Gasteiger charge is -2.22. The third kappa shape index (κ3) is 1.79. The number of nitrogens with one attached hydrogen (secondary N) is 1. The SMILES string of the molecule is Brc1c(C2CCNCC2)sc2c1CCC2. The Balaban J connectivity index is 1.91. The van der Waals surface area contributed by atoms with E-state index in [0.29, 0.717) is 0 Å². The number of rotatable bonds is 1. The second-order valence-corrected chi connectivity index (χ2v) is 6.49. The molecule has 1 saturated heterocycles. The summed E-state index contributed by atoms with van der Waals surface area (Å²) in [6.45, 7) is 2.39. The average Bonchev–Trinajstić information content (AvgIpc) is 2.83. The lowest BCUT2D eigenvalue weighted by atomic mass is 9.96. The molecule has 0 aromatic carbocycles. The molecule has 1 N–H and O–H groups in total. The van der Waals surface area contributed by atoms with Crippen molar-refractivity contribution in [3.63, 3.8) is 0 Å². The molecular weight excluding hydrogens is 270 g/mol. The van der Waals surface area contributed by atoms with Crippen LogP contribution in [0.25, 0.3) is 0 Å². The molecule has 0 radical (unpaired) electrons. The van der Waals surface area contributed by atoms with Gasteiger partial charge in [-0.2, -0.15) is 0 Å². The van der Waals surface area contributed by atoms with Gasteiger partial charge in [0.25, 0.3) is 0 Å². The summed E-state index contributed by atoms with van der Waals surface area (Å²) in [5.74, 6) is 0.816. The number of hydrogen-bond acceptors (Lipinski definition) is 2. The zero-order valence-corrected chi connectivity index (χ0v) is 11.2. The highest BCUT2D eigenvalue weighted by Gasteiger charge is 2.25. The van der Waals surface area contributed by atoms with Crippen LogP contribution >= 0.6 is 27.3 Å². The fourth-order valence-corrected chi connectivity index (χ4v) is 5.32. The van der Waals surface area contributed by atoms with Gasteiger partial charge in [0.05, 0.1) is 0 Å².